The molecule has 0 unspecified atom stereocenters. The molecule has 0 radical (unpaired) electrons. The number of nitrogens with zero attached hydrogens (tertiary/aromatic N) is 3. The van der Waals surface area contributed by atoms with Crippen LogP contribution < -0.4 is 16.4 Å². The van der Waals surface area contributed by atoms with Gasteiger partial charge in [0.15, 0.2) is 11.6 Å². The third kappa shape index (κ3) is 7.35. The SMILES string of the molecule is C/C=C(\C(=N)C(F)(F)F)C(=O)Nc1cccc(-n2nc(Nc3ccc(N)c(C=N)c3)c3ccccc32)n1.CCCC. The van der Waals surface area contributed by atoms with Crippen LogP contribution in [-0.2, 0) is 4.79 Å². The molecule has 0 aliphatic rings. The van der Waals surface area contributed by atoms with Crippen molar-refractivity contribution in [1.82, 2.24) is 14.8 Å². The number of amides is 1. The lowest BCUT2D eigenvalue weighted by molar-refractivity contribution is -0.113. The summed E-state index contributed by atoms with van der Waals surface area (Å²) in [6, 6.07) is 17.1. The molecule has 0 fully saturated rings. The second-order valence-corrected chi connectivity index (χ2v) is 8.80. The zero-order chi connectivity index (χ0) is 30.2. The summed E-state index contributed by atoms with van der Waals surface area (Å²) in [6.45, 7) is 5.61. The van der Waals surface area contributed by atoms with Crippen LogP contribution >= 0.6 is 0 Å². The Kier molecular flexibility index (Phi) is 9.96. The summed E-state index contributed by atoms with van der Waals surface area (Å²) in [4.78, 5) is 16.8. The lowest BCUT2D eigenvalue weighted by Gasteiger charge is -2.12. The summed E-state index contributed by atoms with van der Waals surface area (Å²) in [7, 11) is 0. The van der Waals surface area contributed by atoms with Gasteiger partial charge >= 0.3 is 6.18 Å². The normalized spacial score (nSPS) is 11.4. The van der Waals surface area contributed by atoms with Crippen LogP contribution in [0.1, 0.15) is 39.2 Å². The molecule has 0 aliphatic carbocycles. The van der Waals surface area contributed by atoms with Crippen LogP contribution in [0.3, 0.4) is 0 Å². The first kappa shape index (κ1) is 30.5. The van der Waals surface area contributed by atoms with Crippen molar-refractivity contribution in [3.8, 4) is 5.82 Å². The standard InChI is InChI=1S/C25H21F3N8O.C4H10/c1-2-16(22(31)25(26,27)28)24(37)34-20-8-5-9-21(33-20)36-19-7-4-3-6-17(19)23(35-36)32-15-10-11-18(30)14(12-15)13-29;1-3-4-2/h2-13,29,31H,30H2,1H3,(H,32,35)(H,33,34,37);3-4H2,1-2H3/b16-2+,29-13?,31-22?;. The maximum absolute atomic E-state index is 12.9. The Labute approximate surface area is 235 Å². The van der Waals surface area contributed by atoms with Crippen LogP contribution in [0.2, 0.25) is 0 Å². The molecule has 6 N–H and O–H groups in total. The van der Waals surface area contributed by atoms with Gasteiger partial charge in [-0.1, -0.05) is 51.0 Å². The number of nitrogens with one attached hydrogen (secondary N) is 4. The van der Waals surface area contributed by atoms with Crippen LogP contribution in [0.5, 0.6) is 0 Å². The van der Waals surface area contributed by atoms with E-state index >= 15 is 0 Å². The van der Waals surface area contributed by atoms with E-state index in [0.29, 0.717) is 34.1 Å². The van der Waals surface area contributed by atoms with E-state index in [9.17, 15) is 18.0 Å². The number of nitrogen functional groups attached to an aromatic ring is 1. The Morgan fingerprint density at radius 3 is 2.41 bits per heavy atom. The first-order chi connectivity index (χ1) is 19.5. The molecule has 2 aromatic heterocycles. The summed E-state index contributed by atoms with van der Waals surface area (Å²) in [5, 5.41) is 25.7. The van der Waals surface area contributed by atoms with Gasteiger partial charge in [0.2, 0.25) is 0 Å². The average molecular weight is 565 g/mol. The number of hydrogen-bond donors (Lipinski definition) is 5. The number of alkyl halides is 3. The molecule has 0 aliphatic heterocycles. The van der Waals surface area contributed by atoms with Crippen molar-refractivity contribution < 1.29 is 18.0 Å². The number of rotatable bonds is 8. The molecule has 12 heteroatoms. The number of allylic oxidation sites excluding steroid dienone is 1. The highest BCUT2D eigenvalue weighted by atomic mass is 19.4. The summed E-state index contributed by atoms with van der Waals surface area (Å²) in [5.74, 6) is -0.331. The minimum Gasteiger partial charge on any atom is -0.398 e. The van der Waals surface area contributed by atoms with E-state index in [0.717, 1.165) is 17.7 Å². The van der Waals surface area contributed by atoms with E-state index in [4.69, 9.17) is 16.6 Å². The first-order valence-electron chi connectivity index (χ1n) is 12.8. The molecule has 0 saturated heterocycles. The predicted octanol–water partition coefficient (Wildman–Crippen LogP) is 7.02. The number of anilines is 4. The fourth-order valence-electron chi connectivity index (χ4n) is 3.58. The van der Waals surface area contributed by atoms with Crippen molar-refractivity contribution >= 4 is 51.7 Å². The predicted molar refractivity (Wildman–Crippen MR) is 158 cm³/mol. The van der Waals surface area contributed by atoms with Crippen LogP contribution in [-0.4, -0.2) is 38.8 Å². The van der Waals surface area contributed by atoms with Crippen molar-refractivity contribution in [2.45, 2.75) is 39.8 Å². The number of fused-ring (bicyclic) bond motifs is 1. The van der Waals surface area contributed by atoms with Gasteiger partial charge in [-0.15, -0.1) is 5.10 Å². The van der Waals surface area contributed by atoms with Gasteiger partial charge in [0.1, 0.15) is 11.5 Å². The van der Waals surface area contributed by atoms with Gasteiger partial charge in [-0.2, -0.15) is 13.2 Å². The van der Waals surface area contributed by atoms with Crippen LogP contribution in [0.4, 0.5) is 36.2 Å². The molecule has 0 atom stereocenters. The number of nitrogens with two attached hydrogens (primary N) is 1. The van der Waals surface area contributed by atoms with Gasteiger partial charge < -0.3 is 21.8 Å². The number of benzene rings is 2. The van der Waals surface area contributed by atoms with Gasteiger partial charge in [-0.05, 0) is 49.4 Å². The summed E-state index contributed by atoms with van der Waals surface area (Å²) < 4.78 is 40.4. The van der Waals surface area contributed by atoms with Crippen molar-refractivity contribution in [2.75, 3.05) is 16.4 Å². The van der Waals surface area contributed by atoms with Gasteiger partial charge in [0, 0.05) is 28.5 Å². The monoisotopic (exact) mass is 564 g/mol. The number of unbranched alkanes of at least 4 members (excludes halogenated alkanes) is 1. The molecular weight excluding hydrogens is 533 g/mol. The lowest BCUT2D eigenvalue weighted by atomic mass is 10.1. The number of para-hydroxylation sites is 1. The molecule has 4 rings (SSSR count). The quantitative estimate of drug-likeness (QED) is 0.0887. The second-order valence-electron chi connectivity index (χ2n) is 8.80. The van der Waals surface area contributed by atoms with Crippen LogP contribution in [0, 0.1) is 10.8 Å². The van der Waals surface area contributed by atoms with Crippen molar-refractivity contribution in [2.24, 2.45) is 0 Å². The Hall–Kier alpha value is -5.00. The smallest absolute Gasteiger partial charge is 0.398 e. The van der Waals surface area contributed by atoms with E-state index in [1.165, 1.54) is 30.5 Å². The van der Waals surface area contributed by atoms with Gasteiger partial charge in [-0.25, -0.2) is 9.67 Å². The van der Waals surface area contributed by atoms with E-state index in [-0.39, 0.29) is 5.82 Å². The zero-order valence-electron chi connectivity index (χ0n) is 22.8. The molecule has 0 spiro atoms. The van der Waals surface area contributed by atoms with Gasteiger partial charge in [0.05, 0.1) is 11.1 Å². The van der Waals surface area contributed by atoms with Gasteiger partial charge in [0.25, 0.3) is 5.91 Å². The van der Waals surface area contributed by atoms with Gasteiger partial charge in [-0.3, -0.25) is 10.2 Å². The average Bonchev–Trinajstić information content (AvgIpc) is 3.32. The Bertz CT molecular complexity index is 1590. The van der Waals surface area contributed by atoms with Crippen molar-refractivity contribution in [3.05, 3.63) is 77.9 Å². The summed E-state index contributed by atoms with van der Waals surface area (Å²) in [5.41, 5.74) is 5.65. The number of hydrogen-bond acceptors (Lipinski definition) is 7. The largest absolute Gasteiger partial charge is 0.433 e. The number of carbonyl (C=O) groups excluding carboxylic acids is 1. The topological polar surface area (TPSA) is 146 Å². The Morgan fingerprint density at radius 1 is 1.07 bits per heavy atom. The second kappa shape index (κ2) is 13.4. The highest BCUT2D eigenvalue weighted by molar-refractivity contribution is 6.25. The first-order valence-corrected chi connectivity index (χ1v) is 12.8. The maximum Gasteiger partial charge on any atom is 0.433 e. The summed E-state index contributed by atoms with van der Waals surface area (Å²) in [6.07, 6.45) is -0.249. The minimum atomic E-state index is -4.96. The highest BCUT2D eigenvalue weighted by Crippen LogP contribution is 2.29. The third-order valence-corrected chi connectivity index (χ3v) is 5.87. The lowest BCUT2D eigenvalue weighted by Crippen LogP contribution is -2.30. The minimum absolute atomic E-state index is 0.0138. The molecule has 1 amide bonds. The van der Waals surface area contributed by atoms with Crippen molar-refractivity contribution in [3.63, 3.8) is 0 Å². The number of aromatic nitrogens is 3. The fourth-order valence-corrected chi connectivity index (χ4v) is 3.58. The number of halogens is 3. The molecule has 214 valence electrons. The van der Waals surface area contributed by atoms with E-state index in [1.54, 1.807) is 30.3 Å². The van der Waals surface area contributed by atoms with Crippen LogP contribution in [0.25, 0.3) is 16.7 Å². The summed E-state index contributed by atoms with van der Waals surface area (Å²) >= 11 is 0. The third-order valence-electron chi connectivity index (χ3n) is 5.87. The number of carbonyl (C=O) groups is 1. The molecule has 41 heavy (non-hydrogen) atoms. The molecule has 2 aromatic carbocycles. The molecule has 2 heterocycles. The molecular formula is C29H31F3N8O. The molecule has 9 nitrogen and oxygen atoms in total. The molecule has 0 bridgehead atoms. The number of pyridine rings is 1. The van der Waals surface area contributed by atoms with E-state index < -0.39 is 23.4 Å². The Balaban J connectivity index is 0.00000108. The molecule has 0 saturated carbocycles. The van der Waals surface area contributed by atoms with Crippen molar-refractivity contribution in [1.29, 1.82) is 10.8 Å². The highest BCUT2D eigenvalue weighted by Gasteiger charge is 2.38. The molecule has 4 aromatic rings. The maximum atomic E-state index is 12.9. The van der Waals surface area contributed by atoms with E-state index in [2.05, 4.69) is 34.6 Å². The Morgan fingerprint density at radius 2 is 1.78 bits per heavy atom. The fraction of sp³-hybridized carbons (Fsp3) is 0.207. The zero-order valence-corrected chi connectivity index (χ0v) is 22.8. The van der Waals surface area contributed by atoms with Crippen LogP contribution in [0.15, 0.2) is 72.3 Å². The van der Waals surface area contributed by atoms with E-state index in [1.807, 2.05) is 24.3 Å².